The largest absolute Gasteiger partial charge is 0.321 e. The van der Waals surface area contributed by atoms with Gasteiger partial charge in [-0.3, -0.25) is 9.78 Å². The minimum atomic E-state index is -0.0268. The van der Waals surface area contributed by atoms with Crippen LogP contribution < -0.4 is 5.32 Å². The highest BCUT2D eigenvalue weighted by Gasteiger charge is 2.18. The Labute approximate surface area is 164 Å². The van der Waals surface area contributed by atoms with Crippen molar-refractivity contribution in [2.75, 3.05) is 5.32 Å². The van der Waals surface area contributed by atoms with Crippen LogP contribution in [0, 0.1) is 13.8 Å². The van der Waals surface area contributed by atoms with Crippen LogP contribution in [-0.2, 0) is 19.3 Å². The fourth-order valence-corrected chi connectivity index (χ4v) is 3.74. The molecule has 0 bridgehead atoms. The summed E-state index contributed by atoms with van der Waals surface area (Å²) in [6.07, 6.45) is 7.52. The summed E-state index contributed by atoms with van der Waals surface area (Å²) < 4.78 is 0. The van der Waals surface area contributed by atoms with E-state index in [1.165, 1.54) is 30.4 Å². The summed E-state index contributed by atoms with van der Waals surface area (Å²) in [6, 6.07) is 8.35. The molecular weight excluding hydrogens is 332 g/mol. The van der Waals surface area contributed by atoms with Crippen LogP contribution >= 0.6 is 0 Å². The van der Waals surface area contributed by atoms with E-state index < -0.39 is 0 Å². The van der Waals surface area contributed by atoms with Crippen LogP contribution in [0.4, 0.5) is 5.69 Å². The first-order valence-electron chi connectivity index (χ1n) is 10.4. The molecule has 1 amide bonds. The van der Waals surface area contributed by atoms with Gasteiger partial charge in [-0.25, -0.2) is 0 Å². The zero-order valence-electron chi connectivity index (χ0n) is 17.6. The highest BCUT2D eigenvalue weighted by Crippen LogP contribution is 2.25. The minimum Gasteiger partial charge on any atom is -0.321 e. The fraction of sp³-hybridized carbons (Fsp3) is 0.500. The molecule has 146 valence electrons. The number of nitrogens with one attached hydrogen (secondary N) is 1. The molecule has 0 radical (unpaired) electrons. The summed E-state index contributed by atoms with van der Waals surface area (Å²) in [5, 5.41) is 3.22. The summed E-state index contributed by atoms with van der Waals surface area (Å²) in [7, 11) is 0. The van der Waals surface area contributed by atoms with Gasteiger partial charge in [0.15, 0.2) is 0 Å². The second kappa shape index (κ2) is 10.2. The number of aromatic nitrogens is 1. The Bertz CT molecular complexity index is 758. The molecule has 0 spiro atoms. The van der Waals surface area contributed by atoms with Gasteiger partial charge in [-0.1, -0.05) is 58.2 Å². The number of carbonyl (C=O) groups excluding carboxylic acids is 1. The van der Waals surface area contributed by atoms with Crippen molar-refractivity contribution in [2.45, 2.75) is 79.6 Å². The molecule has 1 aromatic heterocycles. The number of anilines is 1. The van der Waals surface area contributed by atoms with E-state index in [4.69, 9.17) is 0 Å². The Morgan fingerprint density at radius 1 is 0.963 bits per heavy atom. The molecule has 1 heterocycles. The van der Waals surface area contributed by atoms with E-state index in [1.807, 2.05) is 13.8 Å². The van der Waals surface area contributed by atoms with Crippen LogP contribution in [0.5, 0.6) is 0 Å². The molecule has 0 saturated carbocycles. The van der Waals surface area contributed by atoms with Crippen LogP contribution in [0.2, 0.25) is 0 Å². The fourth-order valence-electron chi connectivity index (χ4n) is 3.74. The molecule has 0 aliphatic heterocycles. The smallest absolute Gasteiger partial charge is 0.257 e. The molecule has 0 unspecified atom stereocenters. The SMILES string of the molecule is CCCCCCc1cc(C)nc(C)c1C(=O)Nc1c(CC)cccc1CC. The predicted octanol–water partition coefficient (Wildman–Crippen LogP) is 6.20. The molecule has 2 rings (SSSR count). The Hall–Kier alpha value is -2.16. The van der Waals surface area contributed by atoms with Gasteiger partial charge in [0.1, 0.15) is 0 Å². The van der Waals surface area contributed by atoms with Crippen LogP contribution in [0.3, 0.4) is 0 Å². The second-order valence-corrected chi connectivity index (χ2v) is 7.31. The Morgan fingerprint density at radius 2 is 1.63 bits per heavy atom. The van der Waals surface area contributed by atoms with Crippen molar-refractivity contribution in [3.05, 3.63) is 57.9 Å². The molecule has 0 aliphatic rings. The Balaban J connectivity index is 2.33. The van der Waals surface area contributed by atoms with Gasteiger partial charge < -0.3 is 5.32 Å². The summed E-state index contributed by atoms with van der Waals surface area (Å²) in [5.41, 5.74) is 7.03. The molecule has 27 heavy (non-hydrogen) atoms. The summed E-state index contributed by atoms with van der Waals surface area (Å²) in [5.74, 6) is -0.0268. The van der Waals surface area contributed by atoms with Gasteiger partial charge in [0, 0.05) is 11.4 Å². The lowest BCUT2D eigenvalue weighted by molar-refractivity contribution is 0.102. The number of nitrogens with zero attached hydrogens (tertiary/aromatic N) is 1. The van der Waals surface area contributed by atoms with Gasteiger partial charge in [0.05, 0.1) is 11.3 Å². The second-order valence-electron chi connectivity index (χ2n) is 7.31. The van der Waals surface area contributed by atoms with E-state index in [0.29, 0.717) is 0 Å². The van der Waals surface area contributed by atoms with Gasteiger partial charge in [0.2, 0.25) is 0 Å². The van der Waals surface area contributed by atoms with Gasteiger partial charge in [0.25, 0.3) is 5.91 Å². The number of carbonyl (C=O) groups is 1. The number of hydrogen-bond acceptors (Lipinski definition) is 2. The lowest BCUT2D eigenvalue weighted by atomic mass is 9.97. The van der Waals surface area contributed by atoms with E-state index in [1.54, 1.807) is 0 Å². The van der Waals surface area contributed by atoms with E-state index in [9.17, 15) is 4.79 Å². The van der Waals surface area contributed by atoms with Gasteiger partial charge in [-0.05, 0) is 62.3 Å². The van der Waals surface area contributed by atoms with Crippen molar-refractivity contribution in [1.82, 2.24) is 4.98 Å². The first-order valence-corrected chi connectivity index (χ1v) is 10.4. The normalized spacial score (nSPS) is 10.9. The van der Waals surface area contributed by atoms with Crippen molar-refractivity contribution in [3.63, 3.8) is 0 Å². The molecule has 1 N–H and O–H groups in total. The molecule has 0 saturated heterocycles. The van der Waals surface area contributed by atoms with Crippen molar-refractivity contribution in [2.24, 2.45) is 0 Å². The van der Waals surface area contributed by atoms with Crippen LogP contribution in [0.15, 0.2) is 24.3 Å². The maximum Gasteiger partial charge on any atom is 0.257 e. The summed E-state index contributed by atoms with van der Waals surface area (Å²) in [4.78, 5) is 17.8. The van der Waals surface area contributed by atoms with E-state index in [2.05, 4.69) is 55.3 Å². The zero-order chi connectivity index (χ0) is 19.8. The van der Waals surface area contributed by atoms with E-state index in [0.717, 1.165) is 53.9 Å². The average Bonchev–Trinajstić information content (AvgIpc) is 2.64. The summed E-state index contributed by atoms with van der Waals surface area (Å²) in [6.45, 7) is 10.4. The van der Waals surface area contributed by atoms with Gasteiger partial charge >= 0.3 is 0 Å². The average molecular weight is 367 g/mol. The third kappa shape index (κ3) is 5.41. The molecule has 0 atom stereocenters. The number of benzene rings is 1. The highest BCUT2D eigenvalue weighted by molar-refractivity contribution is 6.06. The summed E-state index contributed by atoms with van der Waals surface area (Å²) >= 11 is 0. The zero-order valence-corrected chi connectivity index (χ0v) is 17.6. The molecule has 2 aromatic rings. The minimum absolute atomic E-state index is 0.0268. The lowest BCUT2D eigenvalue weighted by Crippen LogP contribution is -2.19. The maximum atomic E-state index is 13.2. The topological polar surface area (TPSA) is 42.0 Å². The van der Waals surface area contributed by atoms with E-state index in [-0.39, 0.29) is 5.91 Å². The first kappa shape index (κ1) is 21.1. The molecule has 0 fully saturated rings. The molecular formula is C24H34N2O. The number of amides is 1. The number of para-hydroxylation sites is 1. The third-order valence-electron chi connectivity index (χ3n) is 5.17. The Morgan fingerprint density at radius 3 is 2.22 bits per heavy atom. The quantitative estimate of drug-likeness (QED) is 0.537. The highest BCUT2D eigenvalue weighted by atomic mass is 16.1. The number of aryl methyl sites for hydroxylation is 5. The van der Waals surface area contributed by atoms with Crippen molar-refractivity contribution in [3.8, 4) is 0 Å². The van der Waals surface area contributed by atoms with Crippen molar-refractivity contribution < 1.29 is 4.79 Å². The molecule has 0 aliphatic carbocycles. The number of rotatable bonds is 9. The molecule has 1 aromatic carbocycles. The number of pyridine rings is 1. The molecule has 3 nitrogen and oxygen atoms in total. The maximum absolute atomic E-state index is 13.2. The van der Waals surface area contributed by atoms with Crippen LogP contribution in [0.25, 0.3) is 0 Å². The Kier molecular flexibility index (Phi) is 8.02. The first-order chi connectivity index (χ1) is 13.0. The number of hydrogen-bond donors (Lipinski definition) is 1. The van der Waals surface area contributed by atoms with Crippen LogP contribution in [0.1, 0.15) is 84.9 Å². The van der Waals surface area contributed by atoms with Gasteiger partial charge in [-0.2, -0.15) is 0 Å². The van der Waals surface area contributed by atoms with E-state index >= 15 is 0 Å². The van der Waals surface area contributed by atoms with Crippen molar-refractivity contribution >= 4 is 11.6 Å². The van der Waals surface area contributed by atoms with Crippen LogP contribution in [-0.4, -0.2) is 10.9 Å². The number of unbranched alkanes of at least 4 members (excludes halogenated alkanes) is 3. The standard InChI is InChI=1S/C24H34N2O/c1-6-9-10-11-13-21-16-17(4)25-18(5)22(21)24(27)26-23-19(7-2)14-12-15-20(23)8-3/h12,14-16H,6-11,13H2,1-5H3,(H,26,27). The lowest BCUT2D eigenvalue weighted by Gasteiger charge is -2.17. The predicted molar refractivity (Wildman–Crippen MR) is 115 cm³/mol. The third-order valence-corrected chi connectivity index (χ3v) is 5.17. The van der Waals surface area contributed by atoms with Gasteiger partial charge in [-0.15, -0.1) is 0 Å². The van der Waals surface area contributed by atoms with Crippen molar-refractivity contribution in [1.29, 1.82) is 0 Å². The molecule has 3 heteroatoms. The monoisotopic (exact) mass is 366 g/mol.